The van der Waals surface area contributed by atoms with E-state index in [4.69, 9.17) is 0 Å². The van der Waals surface area contributed by atoms with Gasteiger partial charge in [-0.3, -0.25) is 0 Å². The molecule has 1 aliphatic heterocycles. The topological polar surface area (TPSA) is 35.3 Å². The molecule has 2 heterocycles. The van der Waals surface area contributed by atoms with E-state index in [-0.39, 0.29) is 0 Å². The Morgan fingerprint density at radius 1 is 1.18 bits per heavy atom. The fourth-order valence-electron chi connectivity index (χ4n) is 0.395. The number of rotatable bonds is 0. The van der Waals surface area contributed by atoms with Crippen molar-refractivity contribution in [2.24, 2.45) is 0 Å². The molecule has 0 unspecified atom stereocenters. The average molecular weight is 169 g/mol. The van der Waals surface area contributed by atoms with Crippen LogP contribution >= 0.6 is 11.8 Å². The first-order valence-electron chi connectivity index (χ1n) is 2.93. The van der Waals surface area contributed by atoms with Crippen molar-refractivity contribution in [3.8, 4) is 0 Å². The number of hydrogen-bond donors (Lipinski definition) is 0. The lowest BCUT2D eigenvalue weighted by Gasteiger charge is -1.91. The lowest BCUT2D eigenvalue weighted by atomic mass is 11.0. The normalized spacial score (nSPS) is 13.1. The third kappa shape index (κ3) is 4.27. The molecule has 0 aromatic carbocycles. The number of aromatic nitrogens is 1. The van der Waals surface area contributed by atoms with E-state index in [1.54, 1.807) is 30.5 Å². The first-order chi connectivity index (χ1) is 5.50. The standard InChI is InChI=1S/C4H4OS.C3H3NO/c1-3-6-4-2-5-1;1-2-5-3-4-1/h1-4H;1-3H. The van der Waals surface area contributed by atoms with Gasteiger partial charge in [0.1, 0.15) is 6.26 Å². The molecule has 1 aromatic rings. The summed E-state index contributed by atoms with van der Waals surface area (Å²) in [4.78, 5) is 3.56. The second-order valence-corrected chi connectivity index (χ2v) is 2.31. The van der Waals surface area contributed by atoms with Crippen LogP contribution in [-0.4, -0.2) is 4.98 Å². The highest BCUT2D eigenvalue weighted by Crippen LogP contribution is 2.07. The Morgan fingerprint density at radius 2 is 2.00 bits per heavy atom. The number of ether oxygens (including phenoxy) is 1. The van der Waals surface area contributed by atoms with Gasteiger partial charge in [-0.1, -0.05) is 11.8 Å². The van der Waals surface area contributed by atoms with Gasteiger partial charge in [-0.2, -0.15) is 0 Å². The molecule has 0 N–H and O–H groups in total. The molecule has 2 rings (SSSR count). The Hall–Kier alpha value is -1.16. The predicted octanol–water partition coefficient (Wildman–Crippen LogP) is 2.37. The van der Waals surface area contributed by atoms with Crippen LogP contribution < -0.4 is 0 Å². The third-order valence-electron chi connectivity index (χ3n) is 0.773. The molecular weight excluding hydrogens is 162 g/mol. The molecule has 0 radical (unpaired) electrons. The molecule has 0 saturated heterocycles. The highest BCUT2D eigenvalue weighted by atomic mass is 32.2. The zero-order valence-corrected chi connectivity index (χ0v) is 6.53. The van der Waals surface area contributed by atoms with Crippen LogP contribution in [0.2, 0.25) is 0 Å². The molecule has 0 fully saturated rings. The van der Waals surface area contributed by atoms with E-state index in [1.807, 2.05) is 10.8 Å². The number of hydrogen-bond acceptors (Lipinski definition) is 4. The molecule has 0 bridgehead atoms. The summed E-state index contributed by atoms with van der Waals surface area (Å²) < 4.78 is 9.16. The summed E-state index contributed by atoms with van der Waals surface area (Å²) in [5, 5.41) is 3.75. The Kier molecular flexibility index (Phi) is 4.05. The van der Waals surface area contributed by atoms with Gasteiger partial charge in [0, 0.05) is 10.8 Å². The van der Waals surface area contributed by atoms with E-state index < -0.39 is 0 Å². The summed E-state index contributed by atoms with van der Waals surface area (Å²) in [5.74, 6) is 0. The Labute approximate surface area is 68.8 Å². The first kappa shape index (κ1) is 7.94. The summed E-state index contributed by atoms with van der Waals surface area (Å²) in [6, 6.07) is 0. The third-order valence-corrected chi connectivity index (χ3v) is 1.31. The lowest BCUT2D eigenvalue weighted by molar-refractivity contribution is 0.404. The monoisotopic (exact) mass is 169 g/mol. The van der Waals surface area contributed by atoms with E-state index in [0.29, 0.717) is 0 Å². The zero-order chi connectivity index (χ0) is 7.78. The fourth-order valence-corrected chi connectivity index (χ4v) is 0.742. The van der Waals surface area contributed by atoms with Gasteiger partial charge in [-0.15, -0.1) is 0 Å². The van der Waals surface area contributed by atoms with Gasteiger partial charge in [0.05, 0.1) is 18.7 Å². The van der Waals surface area contributed by atoms with Crippen molar-refractivity contribution in [2.75, 3.05) is 0 Å². The van der Waals surface area contributed by atoms with Crippen LogP contribution in [0.1, 0.15) is 0 Å². The summed E-state index contributed by atoms with van der Waals surface area (Å²) in [6.45, 7) is 0. The zero-order valence-electron chi connectivity index (χ0n) is 5.71. The van der Waals surface area contributed by atoms with Crippen molar-refractivity contribution in [1.29, 1.82) is 0 Å². The van der Waals surface area contributed by atoms with Crippen LogP contribution in [0.3, 0.4) is 0 Å². The second-order valence-electron chi connectivity index (χ2n) is 1.49. The number of nitrogens with zero attached hydrogens (tertiary/aromatic N) is 1. The maximum atomic E-state index is 4.69. The van der Waals surface area contributed by atoms with E-state index in [0.717, 1.165) is 0 Å². The SMILES string of the molecule is C1=CSC=CO1.c1cocn1. The molecule has 11 heavy (non-hydrogen) atoms. The van der Waals surface area contributed by atoms with E-state index in [1.165, 1.54) is 12.7 Å². The van der Waals surface area contributed by atoms with Crippen LogP contribution in [-0.2, 0) is 4.74 Å². The molecule has 1 aliphatic rings. The van der Waals surface area contributed by atoms with Crippen LogP contribution in [0, 0.1) is 0 Å². The number of oxazole rings is 1. The van der Waals surface area contributed by atoms with Crippen molar-refractivity contribution >= 4 is 11.8 Å². The van der Waals surface area contributed by atoms with Crippen molar-refractivity contribution in [3.05, 3.63) is 42.2 Å². The highest BCUT2D eigenvalue weighted by Gasteiger charge is 1.76. The van der Waals surface area contributed by atoms with Crippen molar-refractivity contribution in [2.45, 2.75) is 0 Å². The Morgan fingerprint density at radius 3 is 2.18 bits per heavy atom. The molecule has 58 valence electrons. The minimum Gasteiger partial charge on any atom is -0.472 e. The van der Waals surface area contributed by atoms with Gasteiger partial charge in [0.15, 0.2) is 6.39 Å². The van der Waals surface area contributed by atoms with Crippen LogP contribution in [0.5, 0.6) is 0 Å². The molecule has 4 heteroatoms. The van der Waals surface area contributed by atoms with Crippen LogP contribution in [0.15, 0.2) is 46.6 Å². The molecule has 3 nitrogen and oxygen atoms in total. The average Bonchev–Trinajstić information content (AvgIpc) is 2.64. The molecule has 0 aliphatic carbocycles. The minimum atomic E-state index is 1.38. The van der Waals surface area contributed by atoms with Crippen LogP contribution in [0.25, 0.3) is 0 Å². The quantitative estimate of drug-likeness (QED) is 0.597. The maximum absolute atomic E-state index is 4.69. The smallest absolute Gasteiger partial charge is 0.180 e. The van der Waals surface area contributed by atoms with E-state index >= 15 is 0 Å². The van der Waals surface area contributed by atoms with Gasteiger partial charge < -0.3 is 9.15 Å². The lowest BCUT2D eigenvalue weighted by Crippen LogP contribution is -1.65. The van der Waals surface area contributed by atoms with Gasteiger partial charge in [0.25, 0.3) is 0 Å². The number of thioether (sulfide) groups is 1. The maximum Gasteiger partial charge on any atom is 0.180 e. The van der Waals surface area contributed by atoms with Gasteiger partial charge in [-0.05, 0) is 0 Å². The Bertz CT molecular complexity index is 181. The van der Waals surface area contributed by atoms with E-state index in [9.17, 15) is 0 Å². The largest absolute Gasteiger partial charge is 0.472 e. The highest BCUT2D eigenvalue weighted by molar-refractivity contribution is 8.04. The molecular formula is C7H7NO2S. The molecule has 0 atom stereocenters. The van der Waals surface area contributed by atoms with Gasteiger partial charge >= 0.3 is 0 Å². The van der Waals surface area contributed by atoms with Crippen LogP contribution in [0.4, 0.5) is 0 Å². The van der Waals surface area contributed by atoms with Crippen molar-refractivity contribution in [1.82, 2.24) is 4.98 Å². The Balaban J connectivity index is 0.000000112. The van der Waals surface area contributed by atoms with Crippen molar-refractivity contribution < 1.29 is 9.15 Å². The summed E-state index contributed by atoms with van der Waals surface area (Å²) in [5.41, 5.74) is 0. The fraction of sp³-hybridized carbons (Fsp3) is 0. The van der Waals surface area contributed by atoms with E-state index in [2.05, 4.69) is 14.1 Å². The van der Waals surface area contributed by atoms with Crippen molar-refractivity contribution in [3.63, 3.8) is 0 Å². The molecule has 0 saturated carbocycles. The van der Waals surface area contributed by atoms with Gasteiger partial charge in [0.2, 0.25) is 0 Å². The minimum absolute atomic E-state index is 1.38. The summed E-state index contributed by atoms with van der Waals surface area (Å²) >= 11 is 1.61. The van der Waals surface area contributed by atoms with Gasteiger partial charge in [-0.25, -0.2) is 4.98 Å². The molecule has 1 aromatic heterocycles. The second kappa shape index (κ2) is 5.61. The summed E-state index contributed by atoms with van der Waals surface area (Å²) in [6.07, 6.45) is 7.76. The molecule has 0 spiro atoms. The first-order valence-corrected chi connectivity index (χ1v) is 3.87. The summed E-state index contributed by atoms with van der Waals surface area (Å²) in [7, 11) is 0. The predicted molar refractivity (Wildman–Crippen MR) is 43.5 cm³/mol. The molecule has 0 amide bonds.